The van der Waals surface area contributed by atoms with Gasteiger partial charge in [-0.15, -0.1) is 5.10 Å². The summed E-state index contributed by atoms with van der Waals surface area (Å²) in [5.74, 6) is 0.201. The lowest BCUT2D eigenvalue weighted by Crippen LogP contribution is -2.08. The first-order chi connectivity index (χ1) is 9.75. The molecule has 0 spiro atoms. The Hall–Kier alpha value is -2.40. The normalized spacial score (nSPS) is 12.6. The summed E-state index contributed by atoms with van der Waals surface area (Å²) in [7, 11) is 1.97. The number of hydrogen-bond acceptors (Lipinski definition) is 4. The molecule has 1 aromatic heterocycles. The van der Waals surface area contributed by atoms with Crippen molar-refractivity contribution < 1.29 is 5.11 Å². The minimum Gasteiger partial charge on any atom is -0.507 e. The lowest BCUT2D eigenvalue weighted by molar-refractivity contribution is 0.474. The number of para-hydroxylation sites is 2. The van der Waals surface area contributed by atoms with Crippen LogP contribution in [-0.2, 0) is 7.05 Å². The van der Waals surface area contributed by atoms with Gasteiger partial charge < -0.3 is 9.67 Å². The number of phenols is 1. The summed E-state index contributed by atoms with van der Waals surface area (Å²) in [5, 5.41) is 17.9. The lowest BCUT2D eigenvalue weighted by atomic mass is 10.2. The number of nitrogens with zero attached hydrogens (tertiary/aromatic N) is 3. The van der Waals surface area contributed by atoms with Crippen molar-refractivity contribution in [3.05, 3.63) is 58.9 Å². The second kappa shape index (κ2) is 5.30. The van der Waals surface area contributed by atoms with Crippen LogP contribution in [0.2, 0.25) is 0 Å². The molecule has 0 unspecified atom stereocenters. The molecule has 0 aliphatic rings. The molecule has 1 heterocycles. The van der Waals surface area contributed by atoms with Crippen LogP contribution in [0.15, 0.2) is 58.7 Å². The van der Waals surface area contributed by atoms with Crippen molar-refractivity contribution in [1.29, 1.82) is 0 Å². The molecular formula is C15H13N3OS. The highest BCUT2D eigenvalue weighted by molar-refractivity contribution is 7.16. The SMILES string of the molecule is Cn1/c(=N/N=C\c2ccccc2O)sc2ccccc21. The third-order valence-corrected chi connectivity index (χ3v) is 4.09. The van der Waals surface area contributed by atoms with Gasteiger partial charge in [-0.25, -0.2) is 0 Å². The highest BCUT2D eigenvalue weighted by atomic mass is 32.1. The number of aromatic hydroxyl groups is 1. The molecule has 0 aliphatic carbocycles. The zero-order valence-corrected chi connectivity index (χ0v) is 11.7. The Bertz CT molecular complexity index is 845. The van der Waals surface area contributed by atoms with Crippen molar-refractivity contribution in [2.75, 3.05) is 0 Å². The smallest absolute Gasteiger partial charge is 0.211 e. The van der Waals surface area contributed by atoms with Gasteiger partial charge >= 0.3 is 0 Å². The van der Waals surface area contributed by atoms with E-state index in [9.17, 15) is 5.11 Å². The zero-order valence-electron chi connectivity index (χ0n) is 10.9. The molecule has 3 aromatic rings. The van der Waals surface area contributed by atoms with E-state index in [0.29, 0.717) is 5.56 Å². The van der Waals surface area contributed by atoms with E-state index in [1.165, 1.54) is 4.70 Å². The van der Waals surface area contributed by atoms with Crippen LogP contribution in [0.25, 0.3) is 10.2 Å². The molecule has 4 nitrogen and oxygen atoms in total. The first kappa shape index (κ1) is 12.6. The third kappa shape index (κ3) is 2.35. The summed E-state index contributed by atoms with van der Waals surface area (Å²) in [4.78, 5) is 0.817. The van der Waals surface area contributed by atoms with Gasteiger partial charge in [-0.2, -0.15) is 5.10 Å². The summed E-state index contributed by atoms with van der Waals surface area (Å²) in [6, 6.07) is 15.2. The monoisotopic (exact) mass is 283 g/mol. The Morgan fingerprint density at radius 3 is 2.65 bits per heavy atom. The largest absolute Gasteiger partial charge is 0.507 e. The topological polar surface area (TPSA) is 49.9 Å². The molecule has 2 aromatic carbocycles. The number of aryl methyl sites for hydroxylation is 1. The molecular weight excluding hydrogens is 270 g/mol. The third-order valence-electron chi connectivity index (χ3n) is 2.99. The van der Waals surface area contributed by atoms with Crippen molar-refractivity contribution in [3.8, 4) is 5.75 Å². The van der Waals surface area contributed by atoms with Gasteiger partial charge in [-0.1, -0.05) is 35.6 Å². The Morgan fingerprint density at radius 2 is 1.85 bits per heavy atom. The summed E-state index contributed by atoms with van der Waals surface area (Å²) < 4.78 is 3.17. The lowest BCUT2D eigenvalue weighted by Gasteiger charge is -1.94. The van der Waals surface area contributed by atoms with Crippen LogP contribution in [0.5, 0.6) is 5.75 Å². The van der Waals surface area contributed by atoms with E-state index in [1.54, 1.807) is 35.8 Å². The maximum atomic E-state index is 9.64. The van der Waals surface area contributed by atoms with E-state index in [4.69, 9.17) is 0 Å². The number of fused-ring (bicyclic) bond motifs is 1. The van der Waals surface area contributed by atoms with Gasteiger partial charge in [0.2, 0.25) is 4.80 Å². The molecule has 0 atom stereocenters. The molecule has 1 N–H and O–H groups in total. The Balaban J connectivity index is 1.99. The number of thiazole rings is 1. The van der Waals surface area contributed by atoms with Crippen LogP contribution in [-0.4, -0.2) is 15.9 Å². The minimum absolute atomic E-state index is 0.201. The fraction of sp³-hybridized carbons (Fsp3) is 0.0667. The predicted octanol–water partition coefficient (Wildman–Crippen LogP) is 2.88. The van der Waals surface area contributed by atoms with E-state index in [-0.39, 0.29) is 5.75 Å². The maximum Gasteiger partial charge on any atom is 0.211 e. The number of hydrogen-bond donors (Lipinski definition) is 1. The fourth-order valence-electron chi connectivity index (χ4n) is 1.92. The molecule has 0 saturated heterocycles. The number of aromatic nitrogens is 1. The molecule has 20 heavy (non-hydrogen) atoms. The van der Waals surface area contributed by atoms with E-state index >= 15 is 0 Å². The van der Waals surface area contributed by atoms with Crippen LogP contribution in [0.3, 0.4) is 0 Å². The summed E-state index contributed by atoms with van der Waals surface area (Å²) in [5.41, 5.74) is 1.79. The van der Waals surface area contributed by atoms with E-state index < -0.39 is 0 Å². The van der Waals surface area contributed by atoms with Crippen molar-refractivity contribution in [2.45, 2.75) is 0 Å². The van der Waals surface area contributed by atoms with Gasteiger partial charge in [0, 0.05) is 12.6 Å². The quantitative estimate of drug-likeness (QED) is 0.570. The van der Waals surface area contributed by atoms with Crippen molar-refractivity contribution in [3.63, 3.8) is 0 Å². The molecule has 0 aliphatic heterocycles. The van der Waals surface area contributed by atoms with Gasteiger partial charge in [0.05, 0.1) is 16.4 Å². The fourth-order valence-corrected chi connectivity index (χ4v) is 2.89. The molecule has 3 rings (SSSR count). The van der Waals surface area contributed by atoms with Crippen LogP contribution in [0, 0.1) is 0 Å². The molecule has 100 valence electrons. The summed E-state index contributed by atoms with van der Waals surface area (Å²) in [6.07, 6.45) is 1.56. The molecule has 0 radical (unpaired) electrons. The first-order valence-electron chi connectivity index (χ1n) is 6.15. The summed E-state index contributed by atoms with van der Waals surface area (Å²) in [6.45, 7) is 0. The van der Waals surface area contributed by atoms with E-state index in [1.807, 2.05) is 29.8 Å². The average molecular weight is 283 g/mol. The minimum atomic E-state index is 0.201. The number of rotatable bonds is 2. The highest BCUT2D eigenvalue weighted by Crippen LogP contribution is 2.15. The number of benzene rings is 2. The van der Waals surface area contributed by atoms with Crippen molar-refractivity contribution in [1.82, 2.24) is 4.57 Å². The van der Waals surface area contributed by atoms with Gasteiger partial charge in [0.1, 0.15) is 5.75 Å². The second-order valence-electron chi connectivity index (χ2n) is 4.31. The molecule has 0 bridgehead atoms. The maximum absolute atomic E-state index is 9.64. The Kier molecular flexibility index (Phi) is 3.35. The molecule has 5 heteroatoms. The number of phenolic OH excluding ortho intramolecular Hbond substituents is 1. The van der Waals surface area contributed by atoms with Crippen LogP contribution >= 0.6 is 11.3 Å². The van der Waals surface area contributed by atoms with Crippen LogP contribution in [0.4, 0.5) is 0 Å². The van der Waals surface area contributed by atoms with Crippen LogP contribution < -0.4 is 4.80 Å². The van der Waals surface area contributed by atoms with Gasteiger partial charge in [0.15, 0.2) is 0 Å². The summed E-state index contributed by atoms with van der Waals surface area (Å²) >= 11 is 1.58. The van der Waals surface area contributed by atoms with Crippen LogP contribution in [0.1, 0.15) is 5.56 Å². The molecule has 0 fully saturated rings. The van der Waals surface area contributed by atoms with Gasteiger partial charge in [-0.3, -0.25) is 0 Å². The van der Waals surface area contributed by atoms with E-state index in [2.05, 4.69) is 22.3 Å². The molecule has 0 amide bonds. The van der Waals surface area contributed by atoms with Crippen molar-refractivity contribution >= 4 is 27.8 Å². The van der Waals surface area contributed by atoms with Gasteiger partial charge in [-0.05, 0) is 24.3 Å². The second-order valence-corrected chi connectivity index (χ2v) is 5.32. The van der Waals surface area contributed by atoms with E-state index in [0.717, 1.165) is 10.3 Å². The Labute approximate surface area is 120 Å². The molecule has 0 saturated carbocycles. The first-order valence-corrected chi connectivity index (χ1v) is 6.97. The standard InChI is InChI=1S/C15H13N3OS/c1-18-12-7-3-5-9-14(12)20-15(18)17-16-10-11-6-2-4-8-13(11)19/h2-10,19H,1H3/b16-10-,17-15-. The zero-order chi connectivity index (χ0) is 13.9. The van der Waals surface area contributed by atoms with Crippen molar-refractivity contribution in [2.24, 2.45) is 17.3 Å². The van der Waals surface area contributed by atoms with Gasteiger partial charge in [0.25, 0.3) is 0 Å². The highest BCUT2D eigenvalue weighted by Gasteiger charge is 2.00. The predicted molar refractivity (Wildman–Crippen MR) is 82.1 cm³/mol. The average Bonchev–Trinajstić information content (AvgIpc) is 2.78. The Morgan fingerprint density at radius 1 is 1.10 bits per heavy atom.